The van der Waals surface area contributed by atoms with Crippen molar-refractivity contribution in [1.29, 1.82) is 0 Å². The summed E-state index contributed by atoms with van der Waals surface area (Å²) in [5, 5.41) is 4.14. The predicted molar refractivity (Wildman–Crippen MR) is 105 cm³/mol. The number of methoxy groups -OCH3 is 2. The van der Waals surface area contributed by atoms with Crippen molar-refractivity contribution in [3.05, 3.63) is 66.9 Å². The van der Waals surface area contributed by atoms with E-state index in [0.29, 0.717) is 23.9 Å². The van der Waals surface area contributed by atoms with Crippen molar-refractivity contribution in [1.82, 2.24) is 9.97 Å². The summed E-state index contributed by atoms with van der Waals surface area (Å²) in [5.74, 6) is 3.45. The maximum atomic E-state index is 5.70. The Kier molecular flexibility index (Phi) is 4.97. The molecule has 0 fully saturated rings. The molecular weight excluding hydrogens is 358 g/mol. The first kappa shape index (κ1) is 17.7. The Morgan fingerprint density at radius 3 is 2.46 bits per heavy atom. The molecule has 4 aromatic rings. The molecule has 0 aliphatic heterocycles. The van der Waals surface area contributed by atoms with E-state index in [0.717, 1.165) is 28.1 Å². The Bertz CT molecular complexity index is 1060. The molecule has 7 heteroatoms. The number of aromatic nitrogens is 2. The maximum absolute atomic E-state index is 5.70. The highest BCUT2D eigenvalue weighted by atomic mass is 16.5. The molecule has 0 aliphatic carbocycles. The zero-order valence-electron chi connectivity index (χ0n) is 15.5. The summed E-state index contributed by atoms with van der Waals surface area (Å²) in [6.07, 6.45) is 3.14. The van der Waals surface area contributed by atoms with E-state index in [1.165, 1.54) is 6.33 Å². The van der Waals surface area contributed by atoms with E-state index in [2.05, 4.69) is 15.3 Å². The van der Waals surface area contributed by atoms with Crippen LogP contribution in [0, 0.1) is 0 Å². The first-order valence-electron chi connectivity index (χ1n) is 8.66. The predicted octanol–water partition coefficient (Wildman–Crippen LogP) is 4.56. The van der Waals surface area contributed by atoms with Crippen LogP contribution in [0.1, 0.15) is 5.76 Å². The number of nitrogens with zero attached hydrogens (tertiary/aromatic N) is 2. The molecule has 28 heavy (non-hydrogen) atoms. The fourth-order valence-electron chi connectivity index (χ4n) is 2.80. The number of anilines is 2. The summed E-state index contributed by atoms with van der Waals surface area (Å²) in [5.41, 5.74) is 1.63. The molecule has 0 unspecified atom stereocenters. The lowest BCUT2D eigenvalue weighted by Gasteiger charge is -2.12. The molecule has 2 aromatic heterocycles. The average Bonchev–Trinajstić information content (AvgIpc) is 3.26. The molecule has 0 spiro atoms. The van der Waals surface area contributed by atoms with Gasteiger partial charge >= 0.3 is 0 Å². The minimum atomic E-state index is 0.387. The number of hydrogen-bond acceptors (Lipinski definition) is 7. The molecule has 7 nitrogen and oxygen atoms in total. The lowest BCUT2D eigenvalue weighted by molar-refractivity contribution is 0.270. The summed E-state index contributed by atoms with van der Waals surface area (Å²) in [4.78, 5) is 8.68. The quantitative estimate of drug-likeness (QED) is 0.506. The largest absolute Gasteiger partial charge is 0.493 e. The molecule has 0 bridgehead atoms. The fourth-order valence-corrected chi connectivity index (χ4v) is 2.80. The Balaban J connectivity index is 1.54. The third kappa shape index (κ3) is 3.68. The van der Waals surface area contributed by atoms with Gasteiger partial charge in [0.2, 0.25) is 0 Å². The molecule has 0 atom stereocenters. The summed E-state index contributed by atoms with van der Waals surface area (Å²) < 4.78 is 21.7. The maximum Gasteiger partial charge on any atom is 0.162 e. The van der Waals surface area contributed by atoms with Crippen molar-refractivity contribution in [2.24, 2.45) is 0 Å². The molecule has 142 valence electrons. The van der Waals surface area contributed by atoms with Crippen molar-refractivity contribution in [2.75, 3.05) is 19.5 Å². The number of hydrogen-bond donors (Lipinski definition) is 1. The zero-order valence-corrected chi connectivity index (χ0v) is 15.5. The lowest BCUT2D eigenvalue weighted by atomic mass is 10.2. The van der Waals surface area contributed by atoms with Gasteiger partial charge in [0.1, 0.15) is 30.3 Å². The second kappa shape index (κ2) is 7.87. The second-order valence-electron chi connectivity index (χ2n) is 5.96. The Morgan fingerprint density at radius 1 is 0.964 bits per heavy atom. The van der Waals surface area contributed by atoms with Gasteiger partial charge in [-0.25, -0.2) is 9.97 Å². The van der Waals surface area contributed by atoms with Crippen molar-refractivity contribution < 1.29 is 18.6 Å². The van der Waals surface area contributed by atoms with Gasteiger partial charge in [0, 0.05) is 17.1 Å². The Morgan fingerprint density at radius 2 is 1.75 bits per heavy atom. The highest BCUT2D eigenvalue weighted by molar-refractivity contribution is 5.93. The molecular formula is C21H19N3O4. The number of fused-ring (bicyclic) bond motifs is 1. The summed E-state index contributed by atoms with van der Waals surface area (Å²) in [7, 11) is 3.20. The minimum Gasteiger partial charge on any atom is -0.493 e. The standard InChI is InChI=1S/C21H19N3O4/c1-25-19-10-17-18(11-20(19)26-2)22-13-23-21(17)24-14-5-7-15(8-6-14)28-12-16-4-3-9-27-16/h3-11,13H,12H2,1-2H3,(H,22,23,24). The number of ether oxygens (including phenoxy) is 3. The molecule has 1 N–H and O–H groups in total. The van der Waals surface area contributed by atoms with Gasteiger partial charge in [-0.1, -0.05) is 0 Å². The van der Waals surface area contributed by atoms with Crippen LogP contribution < -0.4 is 19.5 Å². The van der Waals surface area contributed by atoms with Crippen molar-refractivity contribution in [3.8, 4) is 17.2 Å². The van der Waals surface area contributed by atoms with Gasteiger partial charge in [-0.3, -0.25) is 0 Å². The van der Waals surface area contributed by atoms with Gasteiger partial charge < -0.3 is 23.9 Å². The number of benzene rings is 2. The molecule has 0 saturated heterocycles. The monoisotopic (exact) mass is 377 g/mol. The molecule has 0 aliphatic rings. The summed E-state index contributed by atoms with van der Waals surface area (Å²) >= 11 is 0. The van der Waals surface area contributed by atoms with Crippen molar-refractivity contribution >= 4 is 22.4 Å². The van der Waals surface area contributed by atoms with Crippen LogP contribution in [0.5, 0.6) is 17.2 Å². The molecule has 0 radical (unpaired) electrons. The number of furan rings is 1. The van der Waals surface area contributed by atoms with Crippen LogP contribution in [-0.2, 0) is 6.61 Å². The first-order valence-corrected chi connectivity index (χ1v) is 8.66. The van der Waals surface area contributed by atoms with Gasteiger partial charge in [-0.2, -0.15) is 0 Å². The average molecular weight is 377 g/mol. The van der Waals surface area contributed by atoms with Gasteiger partial charge in [-0.15, -0.1) is 0 Å². The molecule has 2 aromatic carbocycles. The normalized spacial score (nSPS) is 10.6. The third-order valence-corrected chi connectivity index (χ3v) is 4.22. The van der Waals surface area contributed by atoms with E-state index in [9.17, 15) is 0 Å². The van der Waals surface area contributed by atoms with Crippen LogP contribution in [0.2, 0.25) is 0 Å². The van der Waals surface area contributed by atoms with E-state index in [4.69, 9.17) is 18.6 Å². The molecule has 2 heterocycles. The van der Waals surface area contributed by atoms with E-state index in [-0.39, 0.29) is 0 Å². The van der Waals surface area contributed by atoms with E-state index >= 15 is 0 Å². The van der Waals surface area contributed by atoms with Crippen LogP contribution in [0.4, 0.5) is 11.5 Å². The molecule has 0 saturated carbocycles. The van der Waals surface area contributed by atoms with Crippen LogP contribution in [-0.4, -0.2) is 24.2 Å². The van der Waals surface area contributed by atoms with Gasteiger partial charge in [0.15, 0.2) is 11.5 Å². The van der Waals surface area contributed by atoms with Gasteiger partial charge in [0.25, 0.3) is 0 Å². The van der Waals surface area contributed by atoms with Gasteiger partial charge in [0.05, 0.1) is 26.0 Å². The van der Waals surface area contributed by atoms with Crippen molar-refractivity contribution in [3.63, 3.8) is 0 Å². The topological polar surface area (TPSA) is 78.6 Å². The second-order valence-corrected chi connectivity index (χ2v) is 5.96. The first-order chi connectivity index (χ1) is 13.8. The molecule has 4 rings (SSSR count). The smallest absolute Gasteiger partial charge is 0.162 e. The van der Waals surface area contributed by atoms with Crippen LogP contribution >= 0.6 is 0 Å². The Hall–Kier alpha value is -3.74. The van der Waals surface area contributed by atoms with Gasteiger partial charge in [-0.05, 0) is 42.5 Å². The van der Waals surface area contributed by atoms with Crippen LogP contribution in [0.15, 0.2) is 65.5 Å². The Labute approximate surface area is 161 Å². The minimum absolute atomic E-state index is 0.387. The fraction of sp³-hybridized carbons (Fsp3) is 0.143. The van der Waals surface area contributed by atoms with Crippen molar-refractivity contribution in [2.45, 2.75) is 6.61 Å². The SMILES string of the molecule is COc1cc2ncnc(Nc3ccc(OCc4ccco4)cc3)c2cc1OC. The van der Waals surface area contributed by atoms with E-state index in [1.54, 1.807) is 20.5 Å². The highest BCUT2D eigenvalue weighted by Gasteiger charge is 2.11. The third-order valence-electron chi connectivity index (χ3n) is 4.22. The van der Waals surface area contributed by atoms with E-state index in [1.807, 2.05) is 48.5 Å². The highest BCUT2D eigenvalue weighted by Crippen LogP contribution is 2.34. The summed E-state index contributed by atoms with van der Waals surface area (Å²) in [6, 6.07) is 15.0. The zero-order chi connectivity index (χ0) is 19.3. The lowest BCUT2D eigenvalue weighted by Crippen LogP contribution is -1.98. The van der Waals surface area contributed by atoms with Crippen LogP contribution in [0.3, 0.4) is 0 Å². The summed E-state index contributed by atoms with van der Waals surface area (Å²) in [6.45, 7) is 0.387. The number of rotatable bonds is 7. The number of nitrogens with one attached hydrogen (secondary N) is 1. The van der Waals surface area contributed by atoms with Crippen LogP contribution in [0.25, 0.3) is 10.9 Å². The van der Waals surface area contributed by atoms with E-state index < -0.39 is 0 Å². The molecule has 0 amide bonds.